The molecule has 0 spiro atoms. The van der Waals surface area contributed by atoms with Gasteiger partial charge in [-0.3, -0.25) is 9.48 Å². The molecule has 16 heavy (non-hydrogen) atoms. The third-order valence-electron chi connectivity index (χ3n) is 2.24. The number of nitrogens with zero attached hydrogens (tertiary/aromatic N) is 2. The number of hydrogen-bond donors (Lipinski definition) is 1. The molecule has 0 fully saturated rings. The molecule has 1 amide bonds. The van der Waals surface area contributed by atoms with Crippen molar-refractivity contribution in [1.82, 2.24) is 15.1 Å². The molecular weight excluding hydrogens is 206 g/mol. The number of amides is 1. The molecule has 5 nitrogen and oxygen atoms in total. The van der Waals surface area contributed by atoms with Gasteiger partial charge in [0.2, 0.25) is 5.91 Å². The van der Waals surface area contributed by atoms with E-state index in [-0.39, 0.29) is 12.5 Å². The minimum Gasteiger partial charge on any atom is -0.372 e. The standard InChI is InChI=1S/C11H19N3O2/c1-4-10-9(7-14(3)13-10)6-12-11(15)8-16-5-2/h7H,4-6,8H2,1-3H3,(H,12,15). The Hall–Kier alpha value is -1.36. The van der Waals surface area contributed by atoms with Crippen LogP contribution in [-0.2, 0) is 29.5 Å². The first kappa shape index (κ1) is 12.7. The SMILES string of the molecule is CCOCC(=O)NCc1cn(C)nc1CC. The summed E-state index contributed by atoms with van der Waals surface area (Å²) < 4.78 is 6.78. The number of aromatic nitrogens is 2. The van der Waals surface area contributed by atoms with E-state index in [9.17, 15) is 4.79 Å². The van der Waals surface area contributed by atoms with E-state index >= 15 is 0 Å². The van der Waals surface area contributed by atoms with Crippen LogP contribution in [0.25, 0.3) is 0 Å². The summed E-state index contributed by atoms with van der Waals surface area (Å²) in [6.45, 7) is 5.11. The molecule has 0 aliphatic carbocycles. The van der Waals surface area contributed by atoms with Crippen molar-refractivity contribution in [2.24, 2.45) is 7.05 Å². The molecule has 0 aliphatic heterocycles. The maximum atomic E-state index is 11.3. The van der Waals surface area contributed by atoms with Gasteiger partial charge in [0.05, 0.1) is 5.69 Å². The van der Waals surface area contributed by atoms with Crippen LogP contribution in [0.2, 0.25) is 0 Å². The van der Waals surface area contributed by atoms with E-state index in [1.807, 2.05) is 27.1 Å². The molecule has 1 aromatic rings. The van der Waals surface area contributed by atoms with E-state index in [0.29, 0.717) is 13.2 Å². The van der Waals surface area contributed by atoms with Crippen molar-refractivity contribution >= 4 is 5.91 Å². The predicted octanol–water partition coefficient (Wildman–Crippen LogP) is 0.635. The summed E-state index contributed by atoms with van der Waals surface area (Å²) in [5, 5.41) is 7.11. The molecule has 0 aliphatic rings. The van der Waals surface area contributed by atoms with Gasteiger partial charge in [0, 0.05) is 32.0 Å². The van der Waals surface area contributed by atoms with Crippen LogP contribution in [0.3, 0.4) is 0 Å². The van der Waals surface area contributed by atoms with Gasteiger partial charge >= 0.3 is 0 Å². The quantitative estimate of drug-likeness (QED) is 0.772. The van der Waals surface area contributed by atoms with E-state index in [1.165, 1.54) is 0 Å². The van der Waals surface area contributed by atoms with Crippen LogP contribution in [0.4, 0.5) is 0 Å². The first-order valence-electron chi connectivity index (χ1n) is 5.53. The lowest BCUT2D eigenvalue weighted by atomic mass is 10.2. The number of ether oxygens (including phenoxy) is 1. The van der Waals surface area contributed by atoms with Crippen LogP contribution in [0.1, 0.15) is 25.1 Å². The van der Waals surface area contributed by atoms with E-state index < -0.39 is 0 Å². The summed E-state index contributed by atoms with van der Waals surface area (Å²) in [4.78, 5) is 11.3. The molecule has 0 radical (unpaired) electrons. The highest BCUT2D eigenvalue weighted by atomic mass is 16.5. The zero-order valence-electron chi connectivity index (χ0n) is 10.1. The maximum absolute atomic E-state index is 11.3. The molecule has 0 bridgehead atoms. The van der Waals surface area contributed by atoms with Crippen molar-refractivity contribution in [3.8, 4) is 0 Å². The highest BCUT2D eigenvalue weighted by Gasteiger charge is 2.07. The average molecular weight is 225 g/mol. The highest BCUT2D eigenvalue weighted by molar-refractivity contribution is 5.77. The Balaban J connectivity index is 2.44. The Labute approximate surface area is 95.8 Å². The summed E-state index contributed by atoms with van der Waals surface area (Å²) in [5.74, 6) is -0.0900. The normalized spacial score (nSPS) is 10.4. The Morgan fingerprint density at radius 2 is 2.31 bits per heavy atom. The number of hydrogen-bond acceptors (Lipinski definition) is 3. The van der Waals surface area contributed by atoms with Crippen molar-refractivity contribution in [1.29, 1.82) is 0 Å². The number of carbonyl (C=O) groups excluding carboxylic acids is 1. The van der Waals surface area contributed by atoms with Gasteiger partial charge < -0.3 is 10.1 Å². The average Bonchev–Trinajstić information content (AvgIpc) is 2.64. The van der Waals surface area contributed by atoms with Crippen LogP contribution in [-0.4, -0.2) is 28.9 Å². The largest absolute Gasteiger partial charge is 0.372 e. The monoisotopic (exact) mass is 225 g/mol. The Morgan fingerprint density at radius 3 is 2.94 bits per heavy atom. The maximum Gasteiger partial charge on any atom is 0.246 e. The third-order valence-corrected chi connectivity index (χ3v) is 2.24. The van der Waals surface area contributed by atoms with Crippen LogP contribution >= 0.6 is 0 Å². The lowest BCUT2D eigenvalue weighted by molar-refractivity contribution is -0.125. The third kappa shape index (κ3) is 3.66. The van der Waals surface area contributed by atoms with Gasteiger partial charge in [-0.2, -0.15) is 5.10 Å². The fourth-order valence-corrected chi connectivity index (χ4v) is 1.47. The van der Waals surface area contributed by atoms with Crippen LogP contribution in [0, 0.1) is 0 Å². The Morgan fingerprint density at radius 1 is 1.56 bits per heavy atom. The van der Waals surface area contributed by atoms with Crippen LogP contribution < -0.4 is 5.32 Å². The van der Waals surface area contributed by atoms with E-state index in [0.717, 1.165) is 17.7 Å². The van der Waals surface area contributed by atoms with Gasteiger partial charge in [-0.25, -0.2) is 0 Å². The molecule has 90 valence electrons. The molecule has 0 unspecified atom stereocenters. The van der Waals surface area contributed by atoms with Crippen LogP contribution in [0.5, 0.6) is 0 Å². The van der Waals surface area contributed by atoms with Crippen molar-refractivity contribution in [2.45, 2.75) is 26.8 Å². The number of carbonyl (C=O) groups is 1. The van der Waals surface area contributed by atoms with Crippen molar-refractivity contribution in [3.63, 3.8) is 0 Å². The molecule has 0 saturated heterocycles. The minimum absolute atomic E-state index is 0.0900. The van der Waals surface area contributed by atoms with Crippen molar-refractivity contribution in [2.75, 3.05) is 13.2 Å². The van der Waals surface area contributed by atoms with Gasteiger partial charge in [-0.15, -0.1) is 0 Å². The minimum atomic E-state index is -0.0900. The summed E-state index contributed by atoms with van der Waals surface area (Å²) in [7, 11) is 1.88. The second-order valence-corrected chi connectivity index (χ2v) is 3.54. The lowest BCUT2D eigenvalue weighted by Crippen LogP contribution is -2.27. The zero-order chi connectivity index (χ0) is 12.0. The summed E-state index contributed by atoms with van der Waals surface area (Å²) in [6, 6.07) is 0. The summed E-state index contributed by atoms with van der Waals surface area (Å²) in [5.41, 5.74) is 2.09. The number of nitrogens with one attached hydrogen (secondary N) is 1. The second kappa shape index (κ2) is 6.27. The fourth-order valence-electron chi connectivity index (χ4n) is 1.47. The molecular formula is C11H19N3O2. The smallest absolute Gasteiger partial charge is 0.246 e. The first-order chi connectivity index (χ1) is 7.67. The summed E-state index contributed by atoms with van der Waals surface area (Å²) >= 11 is 0. The molecule has 1 rings (SSSR count). The molecule has 5 heteroatoms. The Kier molecular flexibility index (Phi) is 4.98. The second-order valence-electron chi connectivity index (χ2n) is 3.54. The van der Waals surface area contributed by atoms with Gasteiger partial charge in [-0.1, -0.05) is 6.92 Å². The predicted molar refractivity (Wildman–Crippen MR) is 60.9 cm³/mol. The van der Waals surface area contributed by atoms with E-state index in [1.54, 1.807) is 4.68 Å². The van der Waals surface area contributed by atoms with Gasteiger partial charge in [0.15, 0.2) is 0 Å². The van der Waals surface area contributed by atoms with E-state index in [2.05, 4.69) is 10.4 Å². The number of rotatable bonds is 6. The van der Waals surface area contributed by atoms with Gasteiger partial charge in [0.1, 0.15) is 6.61 Å². The Bertz CT molecular complexity index is 347. The van der Waals surface area contributed by atoms with E-state index in [4.69, 9.17) is 4.74 Å². The van der Waals surface area contributed by atoms with Crippen molar-refractivity contribution < 1.29 is 9.53 Å². The molecule has 1 aromatic heterocycles. The number of aryl methyl sites for hydroxylation is 2. The lowest BCUT2D eigenvalue weighted by Gasteiger charge is -2.04. The zero-order valence-corrected chi connectivity index (χ0v) is 10.1. The highest BCUT2D eigenvalue weighted by Crippen LogP contribution is 2.06. The molecule has 1 N–H and O–H groups in total. The van der Waals surface area contributed by atoms with Gasteiger partial charge in [0.25, 0.3) is 0 Å². The molecule has 0 atom stereocenters. The first-order valence-corrected chi connectivity index (χ1v) is 5.53. The fraction of sp³-hybridized carbons (Fsp3) is 0.636. The molecule has 0 saturated carbocycles. The molecule has 0 aromatic carbocycles. The topological polar surface area (TPSA) is 56.1 Å². The van der Waals surface area contributed by atoms with Crippen LogP contribution in [0.15, 0.2) is 6.20 Å². The van der Waals surface area contributed by atoms with Gasteiger partial charge in [-0.05, 0) is 13.3 Å². The van der Waals surface area contributed by atoms with Crippen molar-refractivity contribution in [3.05, 3.63) is 17.5 Å². The molecule has 1 heterocycles. The summed E-state index contributed by atoms with van der Waals surface area (Å²) in [6.07, 6.45) is 2.80.